The summed E-state index contributed by atoms with van der Waals surface area (Å²) in [4.78, 5) is 11.4. The van der Waals surface area contributed by atoms with Crippen LogP contribution in [0, 0.1) is 0 Å². The summed E-state index contributed by atoms with van der Waals surface area (Å²) in [6, 6.07) is 7.68. The Labute approximate surface area is 93.5 Å². The molecule has 0 N–H and O–H groups in total. The van der Waals surface area contributed by atoms with Crippen molar-refractivity contribution in [2.45, 2.75) is 19.9 Å². The highest BCUT2D eigenvalue weighted by Gasteiger charge is 2.06. The Balaban J connectivity index is 2.45. The lowest BCUT2D eigenvalue weighted by molar-refractivity contribution is -0.119. The molecule has 2 nitrogen and oxygen atoms in total. The fourth-order valence-electron chi connectivity index (χ4n) is 1.63. The fourth-order valence-corrected chi connectivity index (χ4v) is 1.86. The predicted molar refractivity (Wildman–Crippen MR) is 62.2 cm³/mol. The Hall–Kier alpha value is -1.28. The van der Waals surface area contributed by atoms with Gasteiger partial charge in [0.2, 0.25) is 0 Å². The number of Topliss-reactive ketones (excluding diaryl/α,β-unsaturated/α-hetero) is 1. The summed E-state index contributed by atoms with van der Waals surface area (Å²) in [5.41, 5.74) is 1.02. The summed E-state index contributed by atoms with van der Waals surface area (Å²) in [7, 11) is 0. The third-order valence-corrected chi connectivity index (χ3v) is 2.83. The first kappa shape index (κ1) is 10.2. The Bertz CT molecular complexity index is 501. The fraction of sp³-hybridized carbons (Fsp3) is 0.250. The lowest BCUT2D eigenvalue weighted by Gasteiger charge is -2.03. The highest BCUT2D eigenvalue weighted by atomic mass is 35.5. The van der Waals surface area contributed by atoms with Gasteiger partial charge < -0.3 is 4.57 Å². The number of halogens is 1. The smallest absolute Gasteiger partial charge is 0.152 e. The Morgan fingerprint density at radius 3 is 2.93 bits per heavy atom. The molecule has 15 heavy (non-hydrogen) atoms. The van der Waals surface area contributed by atoms with Crippen molar-refractivity contribution >= 4 is 28.3 Å². The second kappa shape index (κ2) is 4.07. The first-order valence-corrected chi connectivity index (χ1v) is 5.35. The second-order valence-electron chi connectivity index (χ2n) is 3.51. The van der Waals surface area contributed by atoms with E-state index in [2.05, 4.69) is 0 Å². The van der Waals surface area contributed by atoms with Gasteiger partial charge in [-0.15, -0.1) is 0 Å². The molecule has 0 spiro atoms. The van der Waals surface area contributed by atoms with Crippen molar-refractivity contribution in [3.05, 3.63) is 35.5 Å². The van der Waals surface area contributed by atoms with Crippen LogP contribution in [0.3, 0.4) is 0 Å². The molecule has 3 heteroatoms. The normalized spacial score (nSPS) is 10.8. The molecular formula is C12H12ClNO. The van der Waals surface area contributed by atoms with Crippen molar-refractivity contribution < 1.29 is 4.79 Å². The van der Waals surface area contributed by atoms with Crippen molar-refractivity contribution in [2.75, 3.05) is 0 Å². The molecule has 0 aliphatic heterocycles. The molecule has 0 fully saturated rings. The third-order valence-electron chi connectivity index (χ3n) is 2.50. The van der Waals surface area contributed by atoms with Gasteiger partial charge in [0, 0.05) is 28.5 Å². The molecule has 0 bridgehead atoms. The molecule has 1 aromatic carbocycles. The van der Waals surface area contributed by atoms with Crippen molar-refractivity contribution in [1.82, 2.24) is 4.57 Å². The number of benzene rings is 1. The van der Waals surface area contributed by atoms with E-state index in [1.54, 1.807) is 0 Å². The molecule has 1 heterocycles. The number of ketones is 1. The molecule has 0 unspecified atom stereocenters. The van der Waals surface area contributed by atoms with Gasteiger partial charge in [0.15, 0.2) is 5.78 Å². The average molecular weight is 222 g/mol. The minimum atomic E-state index is 0.229. The lowest BCUT2D eigenvalue weighted by atomic mass is 10.2. The third kappa shape index (κ3) is 1.90. The molecule has 2 aromatic rings. The Kier molecular flexibility index (Phi) is 2.78. The summed E-state index contributed by atoms with van der Waals surface area (Å²) in [5, 5.41) is 1.73. The first-order valence-electron chi connectivity index (χ1n) is 4.97. The molecule has 0 aliphatic carbocycles. The standard InChI is InChI=1S/C12H12ClNO/c1-2-9(15)8-14-7-6-10-11(13)4-3-5-12(10)14/h3-7H,2,8H2,1H3. The van der Waals surface area contributed by atoms with Gasteiger partial charge in [0.1, 0.15) is 0 Å². The number of hydrogen-bond acceptors (Lipinski definition) is 1. The quantitative estimate of drug-likeness (QED) is 0.780. The van der Waals surface area contributed by atoms with E-state index in [1.165, 1.54) is 0 Å². The first-order chi connectivity index (χ1) is 7.22. The minimum Gasteiger partial charge on any atom is -0.340 e. The molecule has 0 atom stereocenters. The number of carbonyl (C=O) groups excluding carboxylic acids is 1. The van der Waals surface area contributed by atoms with E-state index in [1.807, 2.05) is 42.0 Å². The Morgan fingerprint density at radius 2 is 2.20 bits per heavy atom. The van der Waals surface area contributed by atoms with Crippen LogP contribution in [-0.4, -0.2) is 10.4 Å². The van der Waals surface area contributed by atoms with Gasteiger partial charge in [-0.3, -0.25) is 4.79 Å². The van der Waals surface area contributed by atoms with E-state index < -0.39 is 0 Å². The molecule has 0 radical (unpaired) electrons. The number of nitrogens with zero attached hydrogens (tertiary/aromatic N) is 1. The average Bonchev–Trinajstić information content (AvgIpc) is 2.63. The Morgan fingerprint density at radius 1 is 1.40 bits per heavy atom. The number of rotatable bonds is 3. The summed E-state index contributed by atoms with van der Waals surface area (Å²) in [6.07, 6.45) is 2.48. The zero-order valence-electron chi connectivity index (χ0n) is 8.53. The number of carbonyl (C=O) groups is 1. The molecule has 1 aromatic heterocycles. The van der Waals surface area contributed by atoms with Crippen molar-refractivity contribution in [1.29, 1.82) is 0 Å². The molecule has 2 rings (SSSR count). The highest BCUT2D eigenvalue weighted by molar-refractivity contribution is 6.35. The lowest BCUT2D eigenvalue weighted by Crippen LogP contribution is -2.07. The van der Waals surface area contributed by atoms with Gasteiger partial charge in [-0.25, -0.2) is 0 Å². The van der Waals surface area contributed by atoms with Gasteiger partial charge in [0.05, 0.1) is 6.54 Å². The maximum atomic E-state index is 11.4. The highest BCUT2D eigenvalue weighted by Crippen LogP contribution is 2.24. The van der Waals surface area contributed by atoms with Crippen LogP contribution >= 0.6 is 11.6 Å². The molecule has 0 saturated heterocycles. The van der Waals surface area contributed by atoms with E-state index in [4.69, 9.17) is 11.6 Å². The minimum absolute atomic E-state index is 0.229. The summed E-state index contributed by atoms with van der Waals surface area (Å²) in [5.74, 6) is 0.229. The summed E-state index contributed by atoms with van der Waals surface area (Å²) >= 11 is 6.04. The second-order valence-corrected chi connectivity index (χ2v) is 3.92. The monoisotopic (exact) mass is 221 g/mol. The van der Waals surface area contributed by atoms with E-state index in [9.17, 15) is 4.79 Å². The van der Waals surface area contributed by atoms with Crippen LogP contribution in [0.25, 0.3) is 10.9 Å². The van der Waals surface area contributed by atoms with Crippen LogP contribution in [0.5, 0.6) is 0 Å². The van der Waals surface area contributed by atoms with Gasteiger partial charge in [-0.2, -0.15) is 0 Å². The summed E-state index contributed by atoms with van der Waals surface area (Å²) < 4.78 is 1.94. The van der Waals surface area contributed by atoms with Crippen LogP contribution < -0.4 is 0 Å². The van der Waals surface area contributed by atoms with Crippen LogP contribution in [0.15, 0.2) is 30.5 Å². The molecule has 0 amide bonds. The number of aromatic nitrogens is 1. The zero-order valence-corrected chi connectivity index (χ0v) is 9.29. The predicted octanol–water partition coefficient (Wildman–Crippen LogP) is 3.27. The van der Waals surface area contributed by atoms with Crippen molar-refractivity contribution in [2.24, 2.45) is 0 Å². The molecule has 0 saturated carbocycles. The van der Waals surface area contributed by atoms with Gasteiger partial charge >= 0.3 is 0 Å². The van der Waals surface area contributed by atoms with Gasteiger partial charge in [-0.05, 0) is 18.2 Å². The molecular weight excluding hydrogens is 210 g/mol. The van der Waals surface area contributed by atoms with Crippen molar-refractivity contribution in [3.8, 4) is 0 Å². The molecule has 0 aliphatic rings. The zero-order chi connectivity index (χ0) is 10.8. The maximum Gasteiger partial charge on any atom is 0.152 e. The van der Waals surface area contributed by atoms with Gasteiger partial charge in [0.25, 0.3) is 0 Å². The van der Waals surface area contributed by atoms with E-state index >= 15 is 0 Å². The van der Waals surface area contributed by atoms with E-state index in [0.29, 0.717) is 13.0 Å². The largest absolute Gasteiger partial charge is 0.340 e. The van der Waals surface area contributed by atoms with Crippen LogP contribution in [0.2, 0.25) is 5.02 Å². The van der Waals surface area contributed by atoms with Crippen LogP contribution in [-0.2, 0) is 11.3 Å². The topological polar surface area (TPSA) is 22.0 Å². The molecule has 78 valence electrons. The van der Waals surface area contributed by atoms with Crippen molar-refractivity contribution in [3.63, 3.8) is 0 Å². The SMILES string of the molecule is CCC(=O)Cn1ccc2c(Cl)cccc21. The van der Waals surface area contributed by atoms with Crippen LogP contribution in [0.4, 0.5) is 0 Å². The van der Waals surface area contributed by atoms with E-state index in [0.717, 1.165) is 15.9 Å². The van der Waals surface area contributed by atoms with Crippen LogP contribution in [0.1, 0.15) is 13.3 Å². The number of hydrogen-bond donors (Lipinski definition) is 0. The number of fused-ring (bicyclic) bond motifs is 1. The maximum absolute atomic E-state index is 11.4. The summed E-state index contributed by atoms with van der Waals surface area (Å²) in [6.45, 7) is 2.31. The van der Waals surface area contributed by atoms with Gasteiger partial charge in [-0.1, -0.05) is 24.6 Å². The van der Waals surface area contributed by atoms with E-state index in [-0.39, 0.29) is 5.78 Å².